The predicted octanol–water partition coefficient (Wildman–Crippen LogP) is 2.32. The van der Waals surface area contributed by atoms with Crippen LogP contribution in [0, 0.1) is 6.92 Å². The van der Waals surface area contributed by atoms with Gasteiger partial charge in [-0.05, 0) is 24.1 Å². The second kappa shape index (κ2) is 5.85. The van der Waals surface area contributed by atoms with Gasteiger partial charge in [0.2, 0.25) is 0 Å². The molecule has 0 saturated carbocycles. The normalized spacial score (nSPS) is 20.1. The van der Waals surface area contributed by atoms with Crippen LogP contribution < -0.4 is 5.84 Å². The average Bonchev–Trinajstić information content (AvgIpc) is 2.58. The van der Waals surface area contributed by atoms with E-state index in [1.54, 1.807) is 24.3 Å². The van der Waals surface area contributed by atoms with Crippen molar-refractivity contribution >= 4 is 11.9 Å². The lowest BCUT2D eigenvalue weighted by Gasteiger charge is -2.38. The lowest BCUT2D eigenvalue weighted by Crippen LogP contribution is -2.48. The van der Waals surface area contributed by atoms with E-state index in [2.05, 4.69) is 0 Å². The number of esters is 1. The third-order valence-electron chi connectivity index (χ3n) is 4.25. The Morgan fingerprint density at radius 3 is 2.43 bits per heavy atom. The van der Waals surface area contributed by atoms with Gasteiger partial charge in [-0.3, -0.25) is 14.6 Å². The quantitative estimate of drug-likeness (QED) is 0.525. The number of amides is 1. The van der Waals surface area contributed by atoms with Crippen LogP contribution in [0.4, 0.5) is 0 Å². The first kappa shape index (κ1) is 15.2. The number of methoxy groups -OCH3 is 1. The molecule has 0 radical (unpaired) electrons. The number of aryl methyl sites for hydroxylation is 1. The molecule has 1 aliphatic heterocycles. The largest absolute Gasteiger partial charge is 0.468 e. The van der Waals surface area contributed by atoms with Crippen LogP contribution in [-0.2, 0) is 9.53 Å². The van der Waals surface area contributed by atoms with Gasteiger partial charge in [0.1, 0.15) is 5.92 Å². The number of carbonyl (C=O) groups is 2. The molecule has 0 fully saturated rings. The van der Waals surface area contributed by atoms with Gasteiger partial charge in [-0.15, -0.1) is 0 Å². The van der Waals surface area contributed by atoms with Crippen molar-refractivity contribution in [1.29, 1.82) is 0 Å². The Morgan fingerprint density at radius 2 is 1.78 bits per heavy atom. The maximum atomic E-state index is 12.6. The molecule has 5 nitrogen and oxygen atoms in total. The van der Waals surface area contributed by atoms with Gasteiger partial charge >= 0.3 is 5.97 Å². The molecule has 23 heavy (non-hydrogen) atoms. The highest BCUT2D eigenvalue weighted by molar-refractivity contribution is 6.00. The van der Waals surface area contributed by atoms with E-state index in [1.165, 1.54) is 7.11 Å². The molecule has 1 aliphatic rings. The summed E-state index contributed by atoms with van der Waals surface area (Å²) in [6.45, 7) is 1.98. The molecule has 0 spiro atoms. The van der Waals surface area contributed by atoms with Crippen LogP contribution in [-0.4, -0.2) is 24.0 Å². The van der Waals surface area contributed by atoms with Crippen LogP contribution in [0.2, 0.25) is 0 Å². The van der Waals surface area contributed by atoms with Gasteiger partial charge in [-0.25, -0.2) is 5.84 Å². The minimum absolute atomic E-state index is 0.300. The molecule has 2 aromatic rings. The van der Waals surface area contributed by atoms with Crippen molar-refractivity contribution in [3.05, 3.63) is 70.8 Å². The van der Waals surface area contributed by atoms with Crippen molar-refractivity contribution in [3.8, 4) is 0 Å². The first-order valence-electron chi connectivity index (χ1n) is 7.36. The van der Waals surface area contributed by atoms with E-state index in [9.17, 15) is 9.59 Å². The van der Waals surface area contributed by atoms with Crippen LogP contribution in [0.15, 0.2) is 48.5 Å². The van der Waals surface area contributed by atoms with Gasteiger partial charge in [0.05, 0.1) is 13.2 Å². The highest BCUT2D eigenvalue weighted by Crippen LogP contribution is 2.41. The minimum Gasteiger partial charge on any atom is -0.468 e. The Balaban J connectivity index is 2.18. The number of carbonyl (C=O) groups excluding carboxylic acids is 2. The molecule has 5 heteroatoms. The fourth-order valence-corrected chi connectivity index (χ4v) is 3.06. The van der Waals surface area contributed by atoms with Gasteiger partial charge in [-0.1, -0.05) is 48.0 Å². The highest BCUT2D eigenvalue weighted by Gasteiger charge is 2.43. The Kier molecular flexibility index (Phi) is 3.88. The van der Waals surface area contributed by atoms with Crippen molar-refractivity contribution in [3.63, 3.8) is 0 Å². The van der Waals surface area contributed by atoms with E-state index in [1.807, 2.05) is 31.2 Å². The van der Waals surface area contributed by atoms with Crippen LogP contribution in [0.3, 0.4) is 0 Å². The average molecular weight is 310 g/mol. The lowest BCUT2D eigenvalue weighted by atomic mass is 9.80. The van der Waals surface area contributed by atoms with Crippen LogP contribution >= 0.6 is 0 Å². The molecular formula is C18H18N2O3. The molecule has 2 atom stereocenters. The minimum atomic E-state index is -0.651. The molecule has 0 saturated heterocycles. The van der Waals surface area contributed by atoms with Crippen molar-refractivity contribution in [2.24, 2.45) is 5.84 Å². The smallest absolute Gasteiger partial charge is 0.315 e. The molecule has 0 bridgehead atoms. The summed E-state index contributed by atoms with van der Waals surface area (Å²) in [4.78, 5) is 25.0. The van der Waals surface area contributed by atoms with E-state index in [0.29, 0.717) is 11.1 Å². The second-order valence-corrected chi connectivity index (χ2v) is 5.66. The summed E-state index contributed by atoms with van der Waals surface area (Å²) in [5.74, 6) is 4.70. The number of nitrogens with two attached hydrogens (primary N) is 1. The number of rotatable bonds is 2. The molecule has 2 aromatic carbocycles. The van der Waals surface area contributed by atoms with Crippen LogP contribution in [0.25, 0.3) is 0 Å². The molecule has 0 unspecified atom stereocenters. The number of benzene rings is 2. The van der Waals surface area contributed by atoms with Gasteiger partial charge in [-0.2, -0.15) is 0 Å². The summed E-state index contributed by atoms with van der Waals surface area (Å²) in [6.07, 6.45) is 0. The standard InChI is InChI=1S/C18H18N2O3/c1-11-7-9-12(10-8-11)16-15(18(22)23-2)13-5-3-4-6-14(13)17(21)20(16)19/h3-10,15-16H,19H2,1-2H3/t15-,16+/m0/s1. The van der Waals surface area contributed by atoms with Crippen molar-refractivity contribution in [2.45, 2.75) is 18.9 Å². The van der Waals surface area contributed by atoms with Crippen molar-refractivity contribution in [2.75, 3.05) is 7.11 Å². The monoisotopic (exact) mass is 310 g/mol. The third-order valence-corrected chi connectivity index (χ3v) is 4.25. The molecule has 0 aliphatic carbocycles. The lowest BCUT2D eigenvalue weighted by molar-refractivity contribution is -0.144. The Bertz CT molecular complexity index is 755. The molecule has 118 valence electrons. The first-order chi connectivity index (χ1) is 11.0. The third kappa shape index (κ3) is 2.49. The van der Waals surface area contributed by atoms with Gasteiger partial charge in [0.25, 0.3) is 5.91 Å². The zero-order chi connectivity index (χ0) is 16.6. The van der Waals surface area contributed by atoms with Crippen LogP contribution in [0.1, 0.15) is 39.0 Å². The Hall–Kier alpha value is -2.66. The summed E-state index contributed by atoms with van der Waals surface area (Å²) in [7, 11) is 1.34. The number of fused-ring (bicyclic) bond motifs is 1. The zero-order valence-corrected chi connectivity index (χ0v) is 13.0. The fourth-order valence-electron chi connectivity index (χ4n) is 3.06. The molecule has 1 heterocycles. The maximum Gasteiger partial charge on any atom is 0.315 e. The Morgan fingerprint density at radius 1 is 1.13 bits per heavy atom. The fraction of sp³-hybridized carbons (Fsp3) is 0.222. The van der Waals surface area contributed by atoms with Crippen molar-refractivity contribution in [1.82, 2.24) is 5.01 Å². The van der Waals surface area contributed by atoms with E-state index in [-0.39, 0.29) is 5.91 Å². The zero-order valence-electron chi connectivity index (χ0n) is 13.0. The van der Waals surface area contributed by atoms with Gasteiger partial charge < -0.3 is 4.74 Å². The Labute approximate surface area is 134 Å². The second-order valence-electron chi connectivity index (χ2n) is 5.66. The molecule has 1 amide bonds. The van der Waals surface area contributed by atoms with Crippen molar-refractivity contribution < 1.29 is 14.3 Å². The predicted molar refractivity (Wildman–Crippen MR) is 85.5 cm³/mol. The summed E-state index contributed by atoms with van der Waals surface area (Å²) in [5, 5.41) is 1.13. The number of nitrogens with zero attached hydrogens (tertiary/aromatic N) is 1. The molecule has 2 N–H and O–H groups in total. The van der Waals surface area contributed by atoms with Gasteiger partial charge in [0.15, 0.2) is 0 Å². The summed E-state index contributed by atoms with van der Waals surface area (Å²) < 4.78 is 4.97. The van der Waals surface area contributed by atoms with Crippen LogP contribution in [0.5, 0.6) is 0 Å². The summed E-state index contributed by atoms with van der Waals surface area (Å²) in [5.41, 5.74) is 2.98. The number of hydrazine groups is 1. The number of hydrogen-bond donors (Lipinski definition) is 1. The van der Waals surface area contributed by atoms with E-state index in [4.69, 9.17) is 10.6 Å². The molecule has 0 aromatic heterocycles. The van der Waals surface area contributed by atoms with E-state index in [0.717, 1.165) is 16.1 Å². The maximum absolute atomic E-state index is 12.6. The first-order valence-corrected chi connectivity index (χ1v) is 7.36. The summed E-state index contributed by atoms with van der Waals surface area (Å²) >= 11 is 0. The number of hydrogen-bond acceptors (Lipinski definition) is 4. The summed E-state index contributed by atoms with van der Waals surface area (Å²) in [6, 6.07) is 14.1. The van der Waals surface area contributed by atoms with Gasteiger partial charge in [0, 0.05) is 5.56 Å². The van der Waals surface area contributed by atoms with E-state index >= 15 is 0 Å². The molecular weight excluding hydrogens is 292 g/mol. The molecule has 3 rings (SSSR count). The topological polar surface area (TPSA) is 72.6 Å². The number of ether oxygens (including phenoxy) is 1. The highest BCUT2D eigenvalue weighted by atomic mass is 16.5. The SMILES string of the molecule is COC(=O)[C@H]1c2ccccc2C(=O)N(N)[C@@H]1c1ccc(C)cc1. The van der Waals surface area contributed by atoms with E-state index < -0.39 is 17.9 Å².